The summed E-state index contributed by atoms with van der Waals surface area (Å²) < 4.78 is 0. The van der Waals surface area contributed by atoms with E-state index in [9.17, 15) is 0 Å². The van der Waals surface area contributed by atoms with E-state index < -0.39 is 0 Å². The highest BCUT2D eigenvalue weighted by Crippen LogP contribution is 1.96. The van der Waals surface area contributed by atoms with Gasteiger partial charge in [-0.1, -0.05) is 5.11 Å². The molecule has 4 heteroatoms. The molecule has 56 valence electrons. The predicted octanol–water partition coefficient (Wildman–Crippen LogP) is 1.93. The first-order valence-corrected chi connectivity index (χ1v) is 3.33. The van der Waals surface area contributed by atoms with E-state index >= 15 is 0 Å². The zero-order chi connectivity index (χ0) is 7.94. The molecule has 0 aliphatic heterocycles. The first-order valence-electron chi connectivity index (χ1n) is 3.33. The molecule has 0 amide bonds. The van der Waals surface area contributed by atoms with Gasteiger partial charge in [-0.05, 0) is 29.6 Å². The van der Waals surface area contributed by atoms with Gasteiger partial charge in [0.2, 0.25) is 0 Å². The highest BCUT2D eigenvalue weighted by Gasteiger charge is 1.87. The van der Waals surface area contributed by atoms with E-state index in [4.69, 9.17) is 5.53 Å². The zero-order valence-electron chi connectivity index (χ0n) is 6.01. The quantitative estimate of drug-likeness (QED) is 0.367. The summed E-state index contributed by atoms with van der Waals surface area (Å²) in [6.45, 7) is 0.514. The van der Waals surface area contributed by atoms with E-state index in [1.54, 1.807) is 12.4 Å². The molecule has 0 aromatic carbocycles. The van der Waals surface area contributed by atoms with Gasteiger partial charge < -0.3 is 0 Å². The lowest BCUT2D eigenvalue weighted by atomic mass is 10.2. The molecule has 0 spiro atoms. The van der Waals surface area contributed by atoms with E-state index in [-0.39, 0.29) is 0 Å². The molecule has 11 heavy (non-hydrogen) atoms. The molecule has 0 N–H and O–H groups in total. The van der Waals surface area contributed by atoms with Crippen LogP contribution in [-0.2, 0) is 6.42 Å². The van der Waals surface area contributed by atoms with Crippen LogP contribution in [0.25, 0.3) is 10.4 Å². The summed E-state index contributed by atoms with van der Waals surface area (Å²) in [5, 5.41) is 3.43. The molecule has 0 bridgehead atoms. The van der Waals surface area contributed by atoms with Gasteiger partial charge in [0, 0.05) is 23.9 Å². The molecule has 1 rings (SSSR count). The van der Waals surface area contributed by atoms with Gasteiger partial charge in [-0.2, -0.15) is 0 Å². The number of hydrogen-bond donors (Lipinski definition) is 0. The number of rotatable bonds is 3. The highest BCUT2D eigenvalue weighted by atomic mass is 15.1. The van der Waals surface area contributed by atoms with Gasteiger partial charge in [-0.25, -0.2) is 0 Å². The first-order chi connectivity index (χ1) is 5.43. The van der Waals surface area contributed by atoms with Crippen LogP contribution in [0.2, 0.25) is 0 Å². The Morgan fingerprint density at radius 3 is 2.82 bits per heavy atom. The first kappa shape index (κ1) is 7.57. The Hall–Kier alpha value is -1.54. The van der Waals surface area contributed by atoms with Crippen molar-refractivity contribution in [2.75, 3.05) is 6.54 Å². The van der Waals surface area contributed by atoms with Crippen LogP contribution in [0.15, 0.2) is 29.6 Å². The van der Waals surface area contributed by atoms with Gasteiger partial charge >= 0.3 is 0 Å². The van der Waals surface area contributed by atoms with Crippen molar-refractivity contribution in [3.63, 3.8) is 0 Å². The number of azide groups is 1. The van der Waals surface area contributed by atoms with E-state index in [1.165, 1.54) is 0 Å². The van der Waals surface area contributed by atoms with Gasteiger partial charge in [0.25, 0.3) is 0 Å². The SMILES string of the molecule is [N-]=[N+]=NCCc1ccncc1. The summed E-state index contributed by atoms with van der Waals surface area (Å²) in [5.41, 5.74) is 9.14. The minimum Gasteiger partial charge on any atom is -0.265 e. The Kier molecular flexibility index (Phi) is 2.96. The van der Waals surface area contributed by atoms with Crippen LogP contribution in [0.3, 0.4) is 0 Å². The molecule has 1 aromatic heterocycles. The Morgan fingerprint density at radius 1 is 1.45 bits per heavy atom. The van der Waals surface area contributed by atoms with Gasteiger partial charge in [-0.3, -0.25) is 4.98 Å². The van der Waals surface area contributed by atoms with Crippen molar-refractivity contribution < 1.29 is 0 Å². The third-order valence-corrected chi connectivity index (χ3v) is 1.31. The lowest BCUT2D eigenvalue weighted by Crippen LogP contribution is -1.87. The van der Waals surface area contributed by atoms with Crippen molar-refractivity contribution in [3.05, 3.63) is 40.5 Å². The Morgan fingerprint density at radius 2 is 2.18 bits per heavy atom. The van der Waals surface area contributed by atoms with Gasteiger partial charge in [-0.15, -0.1) is 0 Å². The number of aromatic nitrogens is 1. The molecule has 0 saturated heterocycles. The highest BCUT2D eigenvalue weighted by molar-refractivity contribution is 5.09. The standard InChI is InChI=1S/C7H8N4/c8-11-10-6-3-7-1-4-9-5-2-7/h1-2,4-5H,3,6H2. The van der Waals surface area contributed by atoms with Crippen molar-refractivity contribution in [2.24, 2.45) is 5.11 Å². The fourth-order valence-electron chi connectivity index (χ4n) is 0.773. The van der Waals surface area contributed by atoms with Crippen LogP contribution in [0.1, 0.15) is 5.56 Å². The molecule has 0 atom stereocenters. The molecule has 0 radical (unpaired) electrons. The van der Waals surface area contributed by atoms with Crippen LogP contribution < -0.4 is 0 Å². The lowest BCUT2D eigenvalue weighted by molar-refractivity contribution is 0.952. The molecular formula is C7H8N4. The predicted molar refractivity (Wildman–Crippen MR) is 42.0 cm³/mol. The maximum atomic E-state index is 7.99. The van der Waals surface area contributed by atoms with Crippen molar-refractivity contribution in [3.8, 4) is 0 Å². The molecule has 1 aromatic rings. The average Bonchev–Trinajstić information content (AvgIpc) is 2.07. The maximum absolute atomic E-state index is 7.99. The topological polar surface area (TPSA) is 61.7 Å². The fraction of sp³-hybridized carbons (Fsp3) is 0.286. The normalized spacial score (nSPS) is 8.73. The zero-order valence-corrected chi connectivity index (χ0v) is 6.01. The van der Waals surface area contributed by atoms with Crippen LogP contribution in [0, 0.1) is 0 Å². The van der Waals surface area contributed by atoms with Crippen LogP contribution in [0.5, 0.6) is 0 Å². The second-order valence-electron chi connectivity index (χ2n) is 2.06. The Balaban J connectivity index is 2.45. The van der Waals surface area contributed by atoms with E-state index in [0.29, 0.717) is 6.54 Å². The van der Waals surface area contributed by atoms with Crippen molar-refractivity contribution in [2.45, 2.75) is 6.42 Å². The summed E-state index contributed by atoms with van der Waals surface area (Å²) in [7, 11) is 0. The van der Waals surface area contributed by atoms with Crippen molar-refractivity contribution in [1.29, 1.82) is 0 Å². The van der Waals surface area contributed by atoms with Crippen molar-refractivity contribution >= 4 is 0 Å². The number of nitrogens with zero attached hydrogens (tertiary/aromatic N) is 4. The van der Waals surface area contributed by atoms with Gasteiger partial charge in [0.05, 0.1) is 0 Å². The third kappa shape index (κ3) is 2.69. The molecule has 0 unspecified atom stereocenters. The van der Waals surface area contributed by atoms with E-state index in [1.807, 2.05) is 12.1 Å². The average molecular weight is 148 g/mol. The van der Waals surface area contributed by atoms with Crippen LogP contribution >= 0.6 is 0 Å². The minimum atomic E-state index is 0.514. The maximum Gasteiger partial charge on any atom is 0.0298 e. The van der Waals surface area contributed by atoms with E-state index in [0.717, 1.165) is 12.0 Å². The molecule has 0 fully saturated rings. The summed E-state index contributed by atoms with van der Waals surface area (Å²) in [6.07, 6.45) is 4.24. The summed E-state index contributed by atoms with van der Waals surface area (Å²) in [5.74, 6) is 0. The number of hydrogen-bond acceptors (Lipinski definition) is 2. The smallest absolute Gasteiger partial charge is 0.0298 e. The molecule has 0 saturated carbocycles. The van der Waals surface area contributed by atoms with Gasteiger partial charge in [0.15, 0.2) is 0 Å². The molecule has 0 aliphatic rings. The third-order valence-electron chi connectivity index (χ3n) is 1.31. The minimum absolute atomic E-state index is 0.514. The molecular weight excluding hydrogens is 140 g/mol. The summed E-state index contributed by atoms with van der Waals surface area (Å²) in [6, 6.07) is 3.82. The largest absolute Gasteiger partial charge is 0.265 e. The molecule has 4 nitrogen and oxygen atoms in total. The second-order valence-corrected chi connectivity index (χ2v) is 2.06. The fourth-order valence-corrected chi connectivity index (χ4v) is 0.773. The molecule has 0 aliphatic carbocycles. The number of pyridine rings is 1. The monoisotopic (exact) mass is 148 g/mol. The van der Waals surface area contributed by atoms with Crippen LogP contribution in [0.4, 0.5) is 0 Å². The lowest BCUT2D eigenvalue weighted by Gasteiger charge is -1.93. The Bertz CT molecular complexity index is 250. The van der Waals surface area contributed by atoms with Crippen LogP contribution in [-0.4, -0.2) is 11.5 Å². The summed E-state index contributed by atoms with van der Waals surface area (Å²) in [4.78, 5) is 6.53. The second kappa shape index (κ2) is 4.30. The molecule has 1 heterocycles. The van der Waals surface area contributed by atoms with E-state index in [2.05, 4.69) is 15.0 Å². The summed E-state index contributed by atoms with van der Waals surface area (Å²) >= 11 is 0. The van der Waals surface area contributed by atoms with Crippen molar-refractivity contribution in [1.82, 2.24) is 4.98 Å². The van der Waals surface area contributed by atoms with Gasteiger partial charge in [0.1, 0.15) is 0 Å². The Labute approximate surface area is 64.5 Å².